The Morgan fingerprint density at radius 3 is 2.50 bits per heavy atom. The summed E-state index contributed by atoms with van der Waals surface area (Å²) in [5.74, 6) is 1.45. The van der Waals surface area contributed by atoms with Crippen LogP contribution in [0.1, 0.15) is 38.2 Å². The molecular weight excluding hydrogens is 232 g/mol. The van der Waals surface area contributed by atoms with Crippen LogP contribution in [0, 0.1) is 6.92 Å². The quantitative estimate of drug-likeness (QED) is 0.827. The van der Waals surface area contributed by atoms with Gasteiger partial charge in [-0.2, -0.15) is 4.98 Å². The Morgan fingerprint density at radius 1 is 1.22 bits per heavy atom. The van der Waals surface area contributed by atoms with Crippen molar-refractivity contribution in [1.82, 2.24) is 20.1 Å². The first-order chi connectivity index (χ1) is 8.45. The largest absolute Gasteiger partial charge is 0.466 e. The molecule has 0 aliphatic heterocycles. The van der Waals surface area contributed by atoms with Crippen molar-refractivity contribution in [2.24, 2.45) is 0 Å². The molecular formula is C12H16N4O2. The fraction of sp³-hybridized carbons (Fsp3) is 0.500. The molecule has 0 atom stereocenters. The third-order valence-electron chi connectivity index (χ3n) is 2.31. The molecule has 96 valence electrons. The topological polar surface area (TPSA) is 73.9 Å². The Morgan fingerprint density at radius 2 is 2.00 bits per heavy atom. The van der Waals surface area contributed by atoms with Gasteiger partial charge in [-0.05, 0) is 6.92 Å². The van der Waals surface area contributed by atoms with E-state index in [1.54, 1.807) is 19.3 Å². The zero-order chi connectivity index (χ0) is 13.2. The first kappa shape index (κ1) is 12.5. The van der Waals surface area contributed by atoms with Gasteiger partial charge in [0, 0.05) is 5.41 Å². The molecule has 0 fully saturated rings. The summed E-state index contributed by atoms with van der Waals surface area (Å²) >= 11 is 0. The fourth-order valence-corrected chi connectivity index (χ4v) is 1.31. The third-order valence-corrected chi connectivity index (χ3v) is 2.31. The second kappa shape index (κ2) is 4.72. The highest BCUT2D eigenvalue weighted by Gasteiger charge is 2.15. The molecule has 0 saturated carbocycles. The van der Waals surface area contributed by atoms with Gasteiger partial charge in [0.15, 0.2) is 12.4 Å². The van der Waals surface area contributed by atoms with Crippen molar-refractivity contribution >= 4 is 0 Å². The van der Waals surface area contributed by atoms with E-state index < -0.39 is 0 Å². The summed E-state index contributed by atoms with van der Waals surface area (Å²) in [7, 11) is 0. The minimum absolute atomic E-state index is 0.0187. The molecule has 0 bridgehead atoms. The van der Waals surface area contributed by atoms with Crippen LogP contribution in [-0.4, -0.2) is 20.1 Å². The second-order valence-electron chi connectivity index (χ2n) is 5.01. The average molecular weight is 248 g/mol. The SMILES string of the molecule is Cc1noc(COc2cnc(C(C)(C)C)cn2)n1. The highest BCUT2D eigenvalue weighted by Crippen LogP contribution is 2.19. The van der Waals surface area contributed by atoms with Gasteiger partial charge in [-0.1, -0.05) is 25.9 Å². The van der Waals surface area contributed by atoms with Crippen LogP contribution >= 0.6 is 0 Å². The van der Waals surface area contributed by atoms with Crippen LogP contribution in [0.25, 0.3) is 0 Å². The van der Waals surface area contributed by atoms with Crippen LogP contribution in [0.2, 0.25) is 0 Å². The van der Waals surface area contributed by atoms with E-state index in [0.717, 1.165) is 5.69 Å². The third kappa shape index (κ3) is 3.03. The number of nitrogens with zero attached hydrogens (tertiary/aromatic N) is 4. The van der Waals surface area contributed by atoms with E-state index in [0.29, 0.717) is 17.6 Å². The molecule has 0 saturated heterocycles. The van der Waals surface area contributed by atoms with Crippen molar-refractivity contribution in [3.63, 3.8) is 0 Å². The zero-order valence-corrected chi connectivity index (χ0v) is 11.0. The van der Waals surface area contributed by atoms with Crippen molar-refractivity contribution in [1.29, 1.82) is 0 Å². The lowest BCUT2D eigenvalue weighted by molar-refractivity contribution is 0.234. The van der Waals surface area contributed by atoms with Crippen LogP contribution in [0.3, 0.4) is 0 Å². The summed E-state index contributed by atoms with van der Waals surface area (Å²) in [6.07, 6.45) is 3.32. The molecule has 2 heterocycles. The lowest BCUT2D eigenvalue weighted by Crippen LogP contribution is -2.13. The van der Waals surface area contributed by atoms with Gasteiger partial charge in [-0.25, -0.2) is 4.98 Å². The molecule has 18 heavy (non-hydrogen) atoms. The number of hydrogen-bond acceptors (Lipinski definition) is 6. The second-order valence-corrected chi connectivity index (χ2v) is 5.01. The molecule has 0 amide bonds. The summed E-state index contributed by atoms with van der Waals surface area (Å²) < 4.78 is 10.3. The summed E-state index contributed by atoms with van der Waals surface area (Å²) in [5.41, 5.74) is 0.901. The van der Waals surface area contributed by atoms with Gasteiger partial charge >= 0.3 is 0 Å². The van der Waals surface area contributed by atoms with Crippen LogP contribution in [0.5, 0.6) is 5.88 Å². The minimum atomic E-state index is -0.0187. The Bertz CT molecular complexity index is 514. The molecule has 0 aromatic carbocycles. The Hall–Kier alpha value is -1.98. The maximum absolute atomic E-state index is 5.40. The Balaban J connectivity index is 1.98. The number of hydrogen-bond donors (Lipinski definition) is 0. The first-order valence-corrected chi connectivity index (χ1v) is 5.69. The molecule has 0 aliphatic carbocycles. The lowest BCUT2D eigenvalue weighted by Gasteiger charge is -2.16. The molecule has 0 unspecified atom stereocenters. The molecule has 0 aliphatic rings. The van der Waals surface area contributed by atoms with Crippen LogP contribution in [0.15, 0.2) is 16.9 Å². The van der Waals surface area contributed by atoms with Crippen molar-refractivity contribution in [3.8, 4) is 5.88 Å². The van der Waals surface area contributed by atoms with Crippen LogP contribution < -0.4 is 4.74 Å². The summed E-state index contributed by atoms with van der Waals surface area (Å²) in [6, 6.07) is 0. The number of aryl methyl sites for hydroxylation is 1. The van der Waals surface area contributed by atoms with E-state index in [2.05, 4.69) is 40.9 Å². The van der Waals surface area contributed by atoms with Gasteiger partial charge in [0.2, 0.25) is 5.88 Å². The molecule has 6 heteroatoms. The smallest absolute Gasteiger partial charge is 0.264 e. The Kier molecular flexibility index (Phi) is 3.27. The van der Waals surface area contributed by atoms with E-state index in [1.165, 1.54) is 0 Å². The predicted octanol–water partition coefficient (Wildman–Crippen LogP) is 2.04. The number of aromatic nitrogens is 4. The van der Waals surface area contributed by atoms with Crippen molar-refractivity contribution in [2.75, 3.05) is 0 Å². The zero-order valence-electron chi connectivity index (χ0n) is 11.0. The normalized spacial score (nSPS) is 11.6. The average Bonchev–Trinajstić information content (AvgIpc) is 2.72. The maximum atomic E-state index is 5.40. The van der Waals surface area contributed by atoms with Gasteiger partial charge < -0.3 is 9.26 Å². The monoisotopic (exact) mass is 248 g/mol. The molecule has 2 rings (SSSR count). The Labute approximate surface area is 105 Å². The number of ether oxygens (including phenoxy) is 1. The van der Waals surface area contributed by atoms with Gasteiger partial charge in [0.1, 0.15) is 0 Å². The van der Waals surface area contributed by atoms with Crippen LogP contribution in [0.4, 0.5) is 0 Å². The molecule has 6 nitrogen and oxygen atoms in total. The highest BCUT2D eigenvalue weighted by atomic mass is 16.5. The molecule has 2 aromatic rings. The van der Waals surface area contributed by atoms with Crippen molar-refractivity contribution < 1.29 is 9.26 Å². The van der Waals surface area contributed by atoms with Gasteiger partial charge in [-0.3, -0.25) is 4.98 Å². The van der Waals surface area contributed by atoms with E-state index in [9.17, 15) is 0 Å². The van der Waals surface area contributed by atoms with Gasteiger partial charge in [0.05, 0.1) is 18.1 Å². The highest BCUT2D eigenvalue weighted by molar-refractivity contribution is 5.13. The number of rotatable bonds is 3. The van der Waals surface area contributed by atoms with E-state index in [1.807, 2.05) is 0 Å². The first-order valence-electron chi connectivity index (χ1n) is 5.69. The van der Waals surface area contributed by atoms with E-state index in [-0.39, 0.29) is 12.0 Å². The summed E-state index contributed by atoms with van der Waals surface area (Å²) in [6.45, 7) is 8.20. The molecule has 0 radical (unpaired) electrons. The van der Waals surface area contributed by atoms with Crippen molar-refractivity contribution in [2.45, 2.75) is 39.7 Å². The summed E-state index contributed by atoms with van der Waals surface area (Å²) in [4.78, 5) is 12.5. The maximum Gasteiger partial charge on any atom is 0.264 e. The minimum Gasteiger partial charge on any atom is -0.466 e. The van der Waals surface area contributed by atoms with Crippen LogP contribution in [-0.2, 0) is 12.0 Å². The van der Waals surface area contributed by atoms with Crippen molar-refractivity contribution in [3.05, 3.63) is 29.8 Å². The predicted molar refractivity (Wildman–Crippen MR) is 64.1 cm³/mol. The lowest BCUT2D eigenvalue weighted by atomic mass is 9.93. The fourth-order valence-electron chi connectivity index (χ4n) is 1.31. The molecule has 0 spiro atoms. The molecule has 0 N–H and O–H groups in total. The van der Waals surface area contributed by atoms with E-state index >= 15 is 0 Å². The van der Waals surface area contributed by atoms with Gasteiger partial charge in [0.25, 0.3) is 5.89 Å². The standard InChI is InChI=1S/C12H16N4O2/c1-8-15-11(18-16-8)7-17-10-6-13-9(5-14-10)12(2,3)4/h5-6H,7H2,1-4H3. The molecule has 2 aromatic heterocycles. The van der Waals surface area contributed by atoms with Gasteiger partial charge in [-0.15, -0.1) is 0 Å². The van der Waals surface area contributed by atoms with E-state index in [4.69, 9.17) is 9.26 Å². The summed E-state index contributed by atoms with van der Waals surface area (Å²) in [5, 5.41) is 3.67.